The molecule has 0 heterocycles. The van der Waals surface area contributed by atoms with Crippen LogP contribution in [0.4, 0.5) is 0 Å². The lowest BCUT2D eigenvalue weighted by atomic mass is 10.4. The van der Waals surface area contributed by atoms with Crippen molar-refractivity contribution >= 4 is 18.8 Å². The molecule has 17 heavy (non-hydrogen) atoms. The number of rotatable bonds is 7. The lowest BCUT2D eigenvalue weighted by molar-refractivity contribution is -0.861. The summed E-state index contributed by atoms with van der Waals surface area (Å²) in [5.41, 5.74) is -0.0337. The van der Waals surface area contributed by atoms with Crippen molar-refractivity contribution in [3.8, 4) is 0 Å². The van der Waals surface area contributed by atoms with Crippen LogP contribution in [0.15, 0.2) is 12.2 Å². The Morgan fingerprint density at radius 3 is 2.35 bits per heavy atom. The molecule has 0 aliphatic heterocycles. The molecule has 0 aromatic rings. The van der Waals surface area contributed by atoms with Gasteiger partial charge >= 0.3 is 5.52 Å². The van der Waals surface area contributed by atoms with Crippen LogP contribution in [-0.4, -0.2) is 61.5 Å². The van der Waals surface area contributed by atoms with Gasteiger partial charge in [0, 0.05) is 5.57 Å². The molecule has 6 heteroatoms. The normalized spacial score (nSPS) is 13.3. The predicted molar refractivity (Wildman–Crippen MR) is 67.7 cm³/mol. The molecule has 1 atom stereocenters. The molecule has 0 aliphatic rings. The highest BCUT2D eigenvalue weighted by molar-refractivity contribution is 7.69. The summed E-state index contributed by atoms with van der Waals surface area (Å²) >= 11 is 0. The summed E-state index contributed by atoms with van der Waals surface area (Å²) in [6, 6.07) is 0. The number of aliphatic hydroxyl groups is 1. The predicted octanol–water partition coefficient (Wildman–Crippen LogP) is -0.309. The van der Waals surface area contributed by atoms with Crippen LogP contribution in [-0.2, 0) is 9.53 Å². The van der Waals surface area contributed by atoms with Crippen LogP contribution < -0.4 is 4.89 Å². The Kier molecular flexibility index (Phi) is 6.75. The van der Waals surface area contributed by atoms with Crippen molar-refractivity contribution < 1.29 is 24.0 Å². The van der Waals surface area contributed by atoms with Crippen molar-refractivity contribution in [1.82, 2.24) is 0 Å². The number of allylic oxidation sites excluding steroid dienone is 1. The van der Waals surface area contributed by atoms with Gasteiger partial charge in [-0.3, -0.25) is 0 Å². The molecule has 0 saturated heterocycles. The number of nitrogens with zero attached hydrogens (tertiary/aromatic N) is 1. The van der Waals surface area contributed by atoms with E-state index in [4.69, 9.17) is 9.84 Å². The fourth-order valence-corrected chi connectivity index (χ4v) is 2.36. The molecule has 0 fully saturated rings. The number of carbonyl (C=O) groups is 1. The van der Waals surface area contributed by atoms with Gasteiger partial charge in [-0.05, 0) is 6.92 Å². The van der Waals surface area contributed by atoms with E-state index >= 15 is 0 Å². The number of quaternary nitrogens is 1. The summed E-state index contributed by atoms with van der Waals surface area (Å²) < 4.78 is 5.70. The molecule has 0 aliphatic carbocycles. The van der Waals surface area contributed by atoms with E-state index in [0.29, 0.717) is 11.0 Å². The zero-order chi connectivity index (χ0) is 13.6. The molecule has 0 spiro atoms. The average Bonchev–Trinajstić information content (AvgIpc) is 2.20. The van der Waals surface area contributed by atoms with Gasteiger partial charge in [-0.2, -0.15) is 0 Å². The maximum absolute atomic E-state index is 12.0. The highest BCUT2D eigenvalue weighted by atomic mass is 31.1. The van der Waals surface area contributed by atoms with Gasteiger partial charge in [-0.25, -0.2) is 4.79 Å². The Morgan fingerprint density at radius 1 is 1.47 bits per heavy atom. The monoisotopic (exact) mass is 262 g/mol. The first-order valence-corrected chi connectivity index (χ1v) is 6.52. The van der Waals surface area contributed by atoms with E-state index in [0.717, 1.165) is 0 Å². The minimum Gasteiger partial charge on any atom is -0.621 e. The van der Waals surface area contributed by atoms with E-state index in [1.807, 2.05) is 21.1 Å². The molecule has 0 aromatic carbocycles. The van der Waals surface area contributed by atoms with Gasteiger partial charge < -0.3 is 19.2 Å². The molecule has 0 saturated carbocycles. The summed E-state index contributed by atoms with van der Waals surface area (Å²) in [5, 5.41) is 8.70. The van der Waals surface area contributed by atoms with E-state index in [2.05, 4.69) is 6.58 Å². The Labute approximate surface area is 103 Å². The second-order valence-electron chi connectivity index (χ2n) is 4.79. The molecular formula is C11H21NO4P+. The molecule has 0 bridgehead atoms. The van der Waals surface area contributed by atoms with Crippen LogP contribution in [0.3, 0.4) is 0 Å². The zero-order valence-corrected chi connectivity index (χ0v) is 11.8. The minimum atomic E-state index is -2.24. The van der Waals surface area contributed by atoms with Crippen LogP contribution in [0.1, 0.15) is 6.92 Å². The first kappa shape index (κ1) is 16.4. The van der Waals surface area contributed by atoms with Crippen molar-refractivity contribution in [2.75, 3.05) is 40.9 Å². The highest BCUT2D eigenvalue weighted by Gasteiger charge is 2.26. The number of carbonyl (C=O) groups excluding carboxylic acids is 1. The van der Waals surface area contributed by atoms with Gasteiger partial charge in [0.25, 0.3) is 5.48 Å². The maximum Gasteiger partial charge on any atom is 0.347 e. The van der Waals surface area contributed by atoms with Gasteiger partial charge in [0.2, 0.25) is 0 Å². The molecule has 0 amide bonds. The van der Waals surface area contributed by atoms with E-state index in [1.165, 1.54) is 6.92 Å². The van der Waals surface area contributed by atoms with Crippen molar-refractivity contribution in [2.24, 2.45) is 0 Å². The lowest BCUT2D eigenvalue weighted by Crippen LogP contribution is -2.41. The molecular weight excluding hydrogens is 241 g/mol. The van der Waals surface area contributed by atoms with E-state index in [-0.39, 0.29) is 24.3 Å². The van der Waals surface area contributed by atoms with Gasteiger partial charge in [0.15, 0.2) is 14.3 Å². The SMILES string of the molecule is C=C(C)C(=O)/[P+]([O-])=C(/C[N+](C)(C)C)OCCO. The van der Waals surface area contributed by atoms with Crippen molar-refractivity contribution in [3.05, 3.63) is 12.2 Å². The summed E-state index contributed by atoms with van der Waals surface area (Å²) in [6.07, 6.45) is 0. The third-order valence-corrected chi connectivity index (χ3v) is 3.22. The smallest absolute Gasteiger partial charge is 0.347 e. The van der Waals surface area contributed by atoms with Crippen LogP contribution in [0.2, 0.25) is 0 Å². The van der Waals surface area contributed by atoms with Crippen molar-refractivity contribution in [1.29, 1.82) is 0 Å². The van der Waals surface area contributed by atoms with Gasteiger partial charge in [-0.15, -0.1) is 0 Å². The van der Waals surface area contributed by atoms with Crippen LogP contribution in [0, 0.1) is 0 Å². The van der Waals surface area contributed by atoms with Gasteiger partial charge in [0.05, 0.1) is 34.4 Å². The van der Waals surface area contributed by atoms with E-state index in [1.54, 1.807) is 0 Å². The van der Waals surface area contributed by atoms with Crippen molar-refractivity contribution in [3.63, 3.8) is 0 Å². The molecule has 98 valence electrons. The summed E-state index contributed by atoms with van der Waals surface area (Å²) in [5.74, 6) is 0. The topological polar surface area (TPSA) is 69.6 Å². The van der Waals surface area contributed by atoms with Crippen LogP contribution in [0.5, 0.6) is 0 Å². The Hall–Kier alpha value is -0.580. The fraction of sp³-hybridized carbons (Fsp3) is 0.636. The Balaban J connectivity index is 5.06. The largest absolute Gasteiger partial charge is 0.621 e. The zero-order valence-electron chi connectivity index (χ0n) is 10.9. The third-order valence-electron chi connectivity index (χ3n) is 1.75. The van der Waals surface area contributed by atoms with Gasteiger partial charge in [0.1, 0.15) is 0 Å². The van der Waals surface area contributed by atoms with Crippen LogP contribution >= 0.6 is 7.77 Å². The maximum atomic E-state index is 12.0. The quantitative estimate of drug-likeness (QED) is 0.388. The summed E-state index contributed by atoms with van der Waals surface area (Å²) in [6.45, 7) is 5.22. The van der Waals surface area contributed by atoms with E-state index < -0.39 is 13.3 Å². The molecule has 0 aromatic heterocycles. The second kappa shape index (κ2) is 6.99. The molecule has 1 N–H and O–H groups in total. The lowest BCUT2D eigenvalue weighted by Gasteiger charge is -2.23. The number of ether oxygens (including phenoxy) is 1. The Bertz CT molecular complexity index is 331. The molecule has 0 rings (SSSR count). The number of hydrogen-bond acceptors (Lipinski definition) is 4. The standard InChI is InChI=1S/C11H21NO4P/c1-9(2)11(14)17(15)10(16-7-6-13)8-12(3,4)5/h13H,1,6-8H2,2-5H3/q+1. The minimum absolute atomic E-state index is 0.0415. The Morgan fingerprint density at radius 2 is 2.00 bits per heavy atom. The van der Waals surface area contributed by atoms with Crippen LogP contribution in [0.25, 0.3) is 0 Å². The third kappa shape index (κ3) is 6.66. The summed E-state index contributed by atoms with van der Waals surface area (Å²) in [7, 11) is 3.46. The number of hydrogen-bond donors (Lipinski definition) is 1. The first-order valence-electron chi connectivity index (χ1n) is 5.26. The highest BCUT2D eigenvalue weighted by Crippen LogP contribution is 2.21. The molecule has 5 nitrogen and oxygen atoms in total. The first-order chi connectivity index (χ1) is 7.69. The number of likely N-dealkylation sites (N-methyl/N-ethyl adjacent to an activating group) is 1. The molecule has 0 radical (unpaired) electrons. The second-order valence-corrected chi connectivity index (χ2v) is 6.29. The van der Waals surface area contributed by atoms with Gasteiger partial charge in [-0.1, -0.05) is 6.58 Å². The average molecular weight is 262 g/mol. The number of aliphatic hydroxyl groups excluding tert-OH is 1. The fourth-order valence-electron chi connectivity index (χ4n) is 1.02. The molecule has 1 unspecified atom stereocenters. The van der Waals surface area contributed by atoms with Crippen molar-refractivity contribution in [2.45, 2.75) is 6.92 Å². The van der Waals surface area contributed by atoms with E-state index in [9.17, 15) is 9.69 Å². The summed E-state index contributed by atoms with van der Waals surface area (Å²) in [4.78, 5) is 23.5.